The fraction of sp³-hybridized carbons (Fsp3) is 0.238. The molecule has 1 fully saturated rings. The van der Waals surface area contributed by atoms with Crippen LogP contribution in [-0.2, 0) is 16.2 Å². The lowest BCUT2D eigenvalue weighted by molar-refractivity contribution is -0.137. The summed E-state index contributed by atoms with van der Waals surface area (Å²) in [6, 6.07) is 12.6. The zero-order valence-corrected chi connectivity index (χ0v) is 17.0. The number of hydrogen-bond donors (Lipinski definition) is 0. The molecule has 0 spiro atoms. The quantitative estimate of drug-likeness (QED) is 0.615. The molecule has 0 saturated carbocycles. The van der Waals surface area contributed by atoms with E-state index in [4.69, 9.17) is 0 Å². The molecule has 0 aliphatic carbocycles. The van der Waals surface area contributed by atoms with Crippen molar-refractivity contribution in [2.45, 2.75) is 11.1 Å². The van der Waals surface area contributed by atoms with Crippen molar-refractivity contribution in [2.75, 3.05) is 26.2 Å². The molecule has 2 heterocycles. The number of piperazine rings is 1. The van der Waals surface area contributed by atoms with Gasteiger partial charge in [-0.3, -0.25) is 9.78 Å². The number of alkyl halides is 3. The summed E-state index contributed by atoms with van der Waals surface area (Å²) >= 11 is 0. The van der Waals surface area contributed by atoms with Crippen LogP contribution in [0.25, 0.3) is 10.8 Å². The van der Waals surface area contributed by atoms with Gasteiger partial charge in [0.1, 0.15) is 5.69 Å². The lowest BCUT2D eigenvalue weighted by Crippen LogP contribution is -2.50. The van der Waals surface area contributed by atoms with E-state index in [1.54, 1.807) is 18.3 Å². The van der Waals surface area contributed by atoms with Gasteiger partial charge in [0.15, 0.2) is 0 Å². The minimum absolute atomic E-state index is 0.0415. The second-order valence-electron chi connectivity index (χ2n) is 7.10. The number of amides is 1. The van der Waals surface area contributed by atoms with Crippen LogP contribution in [0.15, 0.2) is 65.7 Å². The molecule has 1 aliphatic heterocycles. The predicted molar refractivity (Wildman–Crippen MR) is 108 cm³/mol. The number of sulfonamides is 1. The number of aromatic nitrogens is 1. The van der Waals surface area contributed by atoms with Gasteiger partial charge in [-0.1, -0.05) is 24.3 Å². The molecular weight excluding hydrogens is 431 g/mol. The minimum Gasteiger partial charge on any atom is -0.335 e. The molecule has 0 radical (unpaired) electrons. The highest BCUT2D eigenvalue weighted by Gasteiger charge is 2.33. The number of fused-ring (bicyclic) bond motifs is 1. The van der Waals surface area contributed by atoms with Crippen LogP contribution in [0.3, 0.4) is 0 Å². The van der Waals surface area contributed by atoms with Crippen molar-refractivity contribution in [1.82, 2.24) is 14.2 Å². The van der Waals surface area contributed by atoms with E-state index < -0.39 is 21.8 Å². The first-order chi connectivity index (χ1) is 14.7. The van der Waals surface area contributed by atoms with E-state index in [1.165, 1.54) is 9.21 Å². The van der Waals surface area contributed by atoms with Gasteiger partial charge in [0, 0.05) is 37.8 Å². The Morgan fingerprint density at radius 2 is 1.55 bits per heavy atom. The van der Waals surface area contributed by atoms with E-state index >= 15 is 0 Å². The summed E-state index contributed by atoms with van der Waals surface area (Å²) in [4.78, 5) is 18.5. The van der Waals surface area contributed by atoms with E-state index in [9.17, 15) is 26.4 Å². The maximum atomic E-state index is 13.0. The average Bonchev–Trinajstić information content (AvgIpc) is 2.78. The van der Waals surface area contributed by atoms with Gasteiger partial charge in [0.05, 0.1) is 10.5 Å². The number of nitrogens with zero attached hydrogens (tertiary/aromatic N) is 3. The van der Waals surface area contributed by atoms with Crippen LogP contribution in [0.2, 0.25) is 0 Å². The Morgan fingerprint density at radius 1 is 0.903 bits per heavy atom. The van der Waals surface area contributed by atoms with Crippen LogP contribution in [0.1, 0.15) is 16.1 Å². The van der Waals surface area contributed by atoms with Gasteiger partial charge in [-0.15, -0.1) is 0 Å². The Hall–Kier alpha value is -2.98. The first-order valence-corrected chi connectivity index (χ1v) is 10.9. The summed E-state index contributed by atoms with van der Waals surface area (Å²) < 4.78 is 64.9. The average molecular weight is 449 g/mol. The number of benzene rings is 2. The molecule has 0 bridgehead atoms. The fourth-order valence-corrected chi connectivity index (χ4v) is 4.96. The van der Waals surface area contributed by atoms with Crippen molar-refractivity contribution >= 4 is 26.7 Å². The van der Waals surface area contributed by atoms with Crippen LogP contribution in [0, 0.1) is 0 Å². The molecule has 3 aromatic rings. The van der Waals surface area contributed by atoms with Crippen molar-refractivity contribution < 1.29 is 26.4 Å². The number of halogens is 3. The first kappa shape index (κ1) is 21.3. The molecule has 6 nitrogen and oxygen atoms in total. The number of pyridine rings is 1. The Labute approximate surface area is 177 Å². The zero-order valence-electron chi connectivity index (χ0n) is 16.2. The van der Waals surface area contributed by atoms with Crippen LogP contribution < -0.4 is 0 Å². The number of carbonyl (C=O) groups is 1. The SMILES string of the molecule is O=C(c1nccc2ccccc12)N1CCN(S(=O)(=O)c2ccc(C(F)(F)F)cc2)CC1. The Morgan fingerprint density at radius 3 is 2.19 bits per heavy atom. The molecule has 0 unspecified atom stereocenters. The van der Waals surface area contributed by atoms with Gasteiger partial charge in [-0.25, -0.2) is 8.42 Å². The van der Waals surface area contributed by atoms with Crippen molar-refractivity contribution in [3.8, 4) is 0 Å². The highest BCUT2D eigenvalue weighted by atomic mass is 32.2. The first-order valence-electron chi connectivity index (χ1n) is 9.48. The summed E-state index contributed by atoms with van der Waals surface area (Å²) in [6.45, 7) is 0.396. The standard InChI is InChI=1S/C21H18F3N3O3S/c22-21(23,24)16-5-7-17(8-6-16)31(29,30)27-13-11-26(12-14-27)20(28)19-18-4-2-1-3-15(18)9-10-25-19/h1-10H,11-14H2. The van der Waals surface area contributed by atoms with Crippen LogP contribution in [-0.4, -0.2) is 54.7 Å². The Balaban J connectivity index is 1.48. The third-order valence-corrected chi connectivity index (χ3v) is 7.13. The van der Waals surface area contributed by atoms with Gasteiger partial charge < -0.3 is 4.90 Å². The smallest absolute Gasteiger partial charge is 0.335 e. The molecule has 4 rings (SSSR count). The van der Waals surface area contributed by atoms with Gasteiger partial charge in [-0.05, 0) is 35.7 Å². The van der Waals surface area contributed by atoms with E-state index in [-0.39, 0.29) is 37.0 Å². The van der Waals surface area contributed by atoms with Gasteiger partial charge in [0.2, 0.25) is 10.0 Å². The monoisotopic (exact) mass is 449 g/mol. The molecule has 0 N–H and O–H groups in total. The normalized spacial score (nSPS) is 15.9. The Kier molecular flexibility index (Phi) is 5.44. The van der Waals surface area contributed by atoms with Gasteiger partial charge in [0.25, 0.3) is 5.91 Å². The third kappa shape index (κ3) is 4.13. The second-order valence-corrected chi connectivity index (χ2v) is 9.04. The number of carbonyl (C=O) groups excluding carboxylic acids is 1. The van der Waals surface area contributed by atoms with Crippen molar-refractivity contribution in [2.24, 2.45) is 0 Å². The van der Waals surface area contributed by atoms with E-state index in [2.05, 4.69) is 4.98 Å². The van der Waals surface area contributed by atoms with Gasteiger partial charge >= 0.3 is 6.18 Å². The molecule has 0 atom stereocenters. The molecule has 1 aromatic heterocycles. The summed E-state index contributed by atoms with van der Waals surface area (Å²) in [5, 5.41) is 1.60. The maximum absolute atomic E-state index is 13.0. The second kappa shape index (κ2) is 7.93. The van der Waals surface area contributed by atoms with E-state index in [1.807, 2.05) is 18.2 Å². The minimum atomic E-state index is -4.54. The highest BCUT2D eigenvalue weighted by Crippen LogP contribution is 2.30. The molecule has 2 aromatic carbocycles. The van der Waals surface area contributed by atoms with Crippen LogP contribution in [0.5, 0.6) is 0 Å². The maximum Gasteiger partial charge on any atom is 0.416 e. The number of hydrogen-bond acceptors (Lipinski definition) is 4. The van der Waals surface area contributed by atoms with E-state index in [0.29, 0.717) is 5.69 Å². The highest BCUT2D eigenvalue weighted by molar-refractivity contribution is 7.89. The summed E-state index contributed by atoms with van der Waals surface area (Å²) in [5.41, 5.74) is -0.610. The molecule has 1 saturated heterocycles. The van der Waals surface area contributed by atoms with Gasteiger partial charge in [-0.2, -0.15) is 17.5 Å². The van der Waals surface area contributed by atoms with Crippen LogP contribution in [0.4, 0.5) is 13.2 Å². The molecule has 31 heavy (non-hydrogen) atoms. The predicted octanol–water partition coefficient (Wildman–Crippen LogP) is 3.40. The lowest BCUT2D eigenvalue weighted by atomic mass is 10.1. The Bertz CT molecular complexity index is 1210. The number of rotatable bonds is 3. The largest absolute Gasteiger partial charge is 0.416 e. The molecular formula is C21H18F3N3O3S. The van der Waals surface area contributed by atoms with Crippen molar-refractivity contribution in [1.29, 1.82) is 0 Å². The van der Waals surface area contributed by atoms with E-state index in [0.717, 1.165) is 35.0 Å². The van der Waals surface area contributed by atoms with Crippen LogP contribution >= 0.6 is 0 Å². The lowest BCUT2D eigenvalue weighted by Gasteiger charge is -2.34. The molecule has 10 heteroatoms. The zero-order chi connectivity index (χ0) is 22.2. The molecule has 162 valence electrons. The molecule has 1 aliphatic rings. The third-order valence-electron chi connectivity index (χ3n) is 5.22. The molecule has 1 amide bonds. The topological polar surface area (TPSA) is 70.6 Å². The summed E-state index contributed by atoms with van der Waals surface area (Å²) in [6.07, 6.45) is -2.98. The fourth-order valence-electron chi connectivity index (χ4n) is 3.54. The van der Waals surface area contributed by atoms with Crippen molar-refractivity contribution in [3.05, 3.63) is 72.1 Å². The van der Waals surface area contributed by atoms with Crippen molar-refractivity contribution in [3.63, 3.8) is 0 Å². The summed E-state index contributed by atoms with van der Waals surface area (Å²) in [7, 11) is -3.96. The summed E-state index contributed by atoms with van der Waals surface area (Å²) in [5.74, 6) is -0.289.